The van der Waals surface area contributed by atoms with Crippen molar-refractivity contribution >= 4 is 15.8 Å². The van der Waals surface area contributed by atoms with Gasteiger partial charge in [0.15, 0.2) is 0 Å². The minimum Gasteiger partial charge on any atom is -0.442 e. The third kappa shape index (κ3) is 6.16. The molecule has 0 saturated heterocycles. The Kier molecular flexibility index (Phi) is 5.78. The van der Waals surface area contributed by atoms with Crippen molar-refractivity contribution in [1.29, 1.82) is 0 Å². The van der Waals surface area contributed by atoms with Crippen LogP contribution in [-0.2, 0) is 26.0 Å². The normalized spacial score (nSPS) is 11.8. The molecule has 0 aliphatic rings. The second-order valence-corrected chi connectivity index (χ2v) is 8.91. The molecule has 24 heavy (non-hydrogen) atoms. The van der Waals surface area contributed by atoms with Crippen molar-refractivity contribution in [2.24, 2.45) is 4.36 Å². The van der Waals surface area contributed by atoms with Gasteiger partial charge in [0.05, 0.1) is 21.2 Å². The van der Waals surface area contributed by atoms with E-state index in [1.807, 2.05) is 60.7 Å². The molecule has 5 heteroatoms. The number of carbonyl (C=O) groups is 1. The van der Waals surface area contributed by atoms with E-state index in [-0.39, 0.29) is 11.5 Å². The molecule has 0 aliphatic heterocycles. The minimum atomic E-state index is -2.82. The van der Waals surface area contributed by atoms with E-state index in [1.165, 1.54) is 0 Å². The van der Waals surface area contributed by atoms with Crippen LogP contribution in [0.1, 0.15) is 31.9 Å². The van der Waals surface area contributed by atoms with Crippen LogP contribution in [-0.4, -0.2) is 15.9 Å². The molecule has 0 aliphatic carbocycles. The van der Waals surface area contributed by atoms with Gasteiger partial charge in [0.2, 0.25) is 0 Å². The smallest absolute Gasteiger partial charge is 0.442 e. The number of benzene rings is 2. The van der Waals surface area contributed by atoms with Crippen molar-refractivity contribution in [3.63, 3.8) is 0 Å². The molecule has 2 aromatic carbocycles. The highest BCUT2D eigenvalue weighted by molar-refractivity contribution is 7.92. The molecule has 0 radical (unpaired) electrons. The van der Waals surface area contributed by atoms with Crippen molar-refractivity contribution in [1.82, 2.24) is 0 Å². The average Bonchev–Trinajstić information content (AvgIpc) is 2.46. The van der Waals surface area contributed by atoms with Crippen LogP contribution in [0.4, 0.5) is 4.79 Å². The zero-order valence-electron chi connectivity index (χ0n) is 14.3. The van der Waals surface area contributed by atoms with Gasteiger partial charge < -0.3 is 4.74 Å². The molecule has 0 aromatic heterocycles. The van der Waals surface area contributed by atoms with Crippen LogP contribution in [0.15, 0.2) is 65.0 Å². The summed E-state index contributed by atoms with van der Waals surface area (Å²) in [6.07, 6.45) is -0.778. The van der Waals surface area contributed by atoms with Gasteiger partial charge in [-0.2, -0.15) is 0 Å². The standard InChI is InChI=1S/C19H23NO3S/c1-19(2,3)23-18(21)20-24(22,14-16-10-6-4-7-11-16)15-17-12-8-5-9-13-17/h4-13H,14-15H2,1-3H3. The molecule has 0 N–H and O–H groups in total. The summed E-state index contributed by atoms with van der Waals surface area (Å²) in [6, 6.07) is 18.9. The van der Waals surface area contributed by atoms with Crippen molar-refractivity contribution in [2.75, 3.05) is 0 Å². The predicted octanol–water partition coefficient (Wildman–Crippen LogP) is 4.79. The van der Waals surface area contributed by atoms with E-state index in [4.69, 9.17) is 4.74 Å². The minimum absolute atomic E-state index is 0.210. The van der Waals surface area contributed by atoms with Crippen LogP contribution in [0.2, 0.25) is 0 Å². The summed E-state index contributed by atoms with van der Waals surface area (Å²) >= 11 is 0. The lowest BCUT2D eigenvalue weighted by atomic mass is 10.2. The number of hydrogen-bond donors (Lipinski definition) is 0. The van der Waals surface area contributed by atoms with E-state index in [1.54, 1.807) is 20.8 Å². The molecule has 128 valence electrons. The third-order valence-corrected chi connectivity index (χ3v) is 5.16. The zero-order chi connectivity index (χ0) is 17.6. The second-order valence-electron chi connectivity index (χ2n) is 6.60. The Labute approximate surface area is 144 Å². The SMILES string of the molecule is CC(C)(C)OC(=O)N=S(=O)(Cc1ccccc1)Cc1ccccc1. The van der Waals surface area contributed by atoms with Crippen LogP contribution in [0, 0.1) is 0 Å². The van der Waals surface area contributed by atoms with E-state index in [9.17, 15) is 9.00 Å². The highest BCUT2D eigenvalue weighted by Crippen LogP contribution is 2.17. The van der Waals surface area contributed by atoms with E-state index in [0.29, 0.717) is 0 Å². The first-order chi connectivity index (χ1) is 11.3. The molecule has 0 heterocycles. The van der Waals surface area contributed by atoms with Gasteiger partial charge in [-0.3, -0.25) is 0 Å². The van der Waals surface area contributed by atoms with Gasteiger partial charge in [-0.1, -0.05) is 60.7 Å². The lowest BCUT2D eigenvalue weighted by molar-refractivity contribution is 0.0607. The third-order valence-electron chi connectivity index (χ3n) is 3.10. The number of nitrogens with zero attached hydrogens (tertiary/aromatic N) is 1. The molecular formula is C19H23NO3S. The van der Waals surface area contributed by atoms with Crippen LogP contribution < -0.4 is 0 Å². The monoisotopic (exact) mass is 345 g/mol. The lowest BCUT2D eigenvalue weighted by Gasteiger charge is -2.18. The molecular weight excluding hydrogens is 322 g/mol. The first-order valence-electron chi connectivity index (χ1n) is 7.79. The Morgan fingerprint density at radius 1 is 0.917 bits per heavy atom. The van der Waals surface area contributed by atoms with Gasteiger partial charge >= 0.3 is 6.09 Å². The van der Waals surface area contributed by atoms with Crippen molar-refractivity contribution in [3.8, 4) is 0 Å². The molecule has 0 spiro atoms. The Hall–Kier alpha value is -2.14. The highest BCUT2D eigenvalue weighted by Gasteiger charge is 2.20. The summed E-state index contributed by atoms with van der Waals surface area (Å²) in [5, 5.41) is 0. The Morgan fingerprint density at radius 3 is 1.71 bits per heavy atom. The molecule has 4 nitrogen and oxygen atoms in total. The first kappa shape index (κ1) is 18.2. The van der Waals surface area contributed by atoms with E-state index >= 15 is 0 Å². The molecule has 0 bridgehead atoms. The fourth-order valence-electron chi connectivity index (χ4n) is 2.20. The van der Waals surface area contributed by atoms with E-state index < -0.39 is 21.4 Å². The molecule has 1 amide bonds. The number of hydrogen-bond acceptors (Lipinski definition) is 3. The molecule has 0 atom stereocenters. The summed E-state index contributed by atoms with van der Waals surface area (Å²) in [7, 11) is -2.82. The Balaban J connectivity index is 2.33. The Bertz CT molecular complexity index is 739. The van der Waals surface area contributed by atoms with Gasteiger partial charge in [0.25, 0.3) is 0 Å². The lowest BCUT2D eigenvalue weighted by Crippen LogP contribution is -2.23. The van der Waals surface area contributed by atoms with Gasteiger partial charge in [-0.05, 0) is 31.9 Å². The van der Waals surface area contributed by atoms with Crippen molar-refractivity contribution in [3.05, 3.63) is 71.8 Å². The molecule has 2 rings (SSSR count). The van der Waals surface area contributed by atoms with Gasteiger partial charge in [0, 0.05) is 0 Å². The van der Waals surface area contributed by atoms with Crippen molar-refractivity contribution < 1.29 is 13.7 Å². The Morgan fingerprint density at radius 2 is 1.33 bits per heavy atom. The zero-order valence-corrected chi connectivity index (χ0v) is 15.1. The van der Waals surface area contributed by atoms with Crippen LogP contribution in [0.5, 0.6) is 0 Å². The van der Waals surface area contributed by atoms with Crippen LogP contribution >= 0.6 is 0 Å². The van der Waals surface area contributed by atoms with E-state index in [0.717, 1.165) is 11.1 Å². The van der Waals surface area contributed by atoms with E-state index in [2.05, 4.69) is 4.36 Å². The quantitative estimate of drug-likeness (QED) is 0.800. The summed E-state index contributed by atoms with van der Waals surface area (Å²) < 4.78 is 22.5. The largest absolute Gasteiger partial charge is 0.442 e. The van der Waals surface area contributed by atoms with Gasteiger partial charge in [-0.25, -0.2) is 9.00 Å². The second kappa shape index (κ2) is 7.62. The number of carbonyl (C=O) groups excluding carboxylic acids is 1. The fraction of sp³-hybridized carbons (Fsp3) is 0.316. The molecule has 0 saturated carbocycles. The van der Waals surface area contributed by atoms with Crippen LogP contribution in [0.3, 0.4) is 0 Å². The molecule has 0 fully saturated rings. The number of rotatable bonds is 4. The highest BCUT2D eigenvalue weighted by atomic mass is 32.2. The number of ether oxygens (including phenoxy) is 1. The maximum Gasteiger partial charge on any atom is 0.442 e. The van der Waals surface area contributed by atoms with Gasteiger partial charge in [0.1, 0.15) is 5.60 Å². The van der Waals surface area contributed by atoms with Crippen LogP contribution in [0.25, 0.3) is 0 Å². The predicted molar refractivity (Wildman–Crippen MR) is 97.1 cm³/mol. The maximum absolute atomic E-state index is 13.4. The summed E-state index contributed by atoms with van der Waals surface area (Å²) in [4.78, 5) is 12.1. The summed E-state index contributed by atoms with van der Waals surface area (Å²) in [5.74, 6) is 0.421. The first-order valence-corrected chi connectivity index (χ1v) is 9.64. The topological polar surface area (TPSA) is 55.7 Å². The molecule has 2 aromatic rings. The summed E-state index contributed by atoms with van der Waals surface area (Å²) in [6.45, 7) is 5.28. The van der Waals surface area contributed by atoms with Gasteiger partial charge in [-0.15, -0.1) is 4.36 Å². The average molecular weight is 345 g/mol. The summed E-state index contributed by atoms with van der Waals surface area (Å²) in [5.41, 5.74) is 1.09. The van der Waals surface area contributed by atoms with Crippen molar-refractivity contribution in [2.45, 2.75) is 37.9 Å². The molecule has 0 unspecified atom stereocenters. The maximum atomic E-state index is 13.4. The fourth-order valence-corrected chi connectivity index (χ4v) is 4.17. The number of amides is 1.